The van der Waals surface area contributed by atoms with Gasteiger partial charge in [0.05, 0.1) is 11.5 Å². The van der Waals surface area contributed by atoms with E-state index >= 15 is 0 Å². The second kappa shape index (κ2) is 7.09. The predicted octanol–water partition coefficient (Wildman–Crippen LogP) is 2.71. The van der Waals surface area contributed by atoms with Crippen molar-refractivity contribution in [3.63, 3.8) is 0 Å². The maximum Gasteiger partial charge on any atom is 0.308 e. The van der Waals surface area contributed by atoms with Crippen LogP contribution < -0.4 is 5.32 Å². The van der Waals surface area contributed by atoms with E-state index in [1.165, 1.54) is 12.1 Å². The van der Waals surface area contributed by atoms with E-state index in [9.17, 15) is 14.0 Å². The van der Waals surface area contributed by atoms with Crippen LogP contribution in [0.1, 0.15) is 30.1 Å². The van der Waals surface area contributed by atoms with Crippen LogP contribution in [0.3, 0.4) is 0 Å². The molecule has 0 radical (unpaired) electrons. The average molecular weight is 288 g/mol. The highest BCUT2D eigenvalue weighted by Crippen LogP contribution is 2.15. The summed E-state index contributed by atoms with van der Waals surface area (Å²) >= 11 is 5.68. The molecule has 0 saturated heterocycles. The Labute approximate surface area is 115 Å². The van der Waals surface area contributed by atoms with E-state index in [0.29, 0.717) is 12.8 Å². The van der Waals surface area contributed by atoms with Crippen LogP contribution in [0.15, 0.2) is 18.2 Å². The number of halogens is 2. The van der Waals surface area contributed by atoms with E-state index in [2.05, 4.69) is 5.32 Å². The molecular weight excluding hydrogens is 273 g/mol. The number of amides is 1. The lowest BCUT2D eigenvalue weighted by molar-refractivity contribution is -0.141. The molecule has 0 aliphatic heterocycles. The molecule has 1 rings (SSSR count). The van der Waals surface area contributed by atoms with Crippen LogP contribution in [0.25, 0.3) is 0 Å². The fourth-order valence-electron chi connectivity index (χ4n) is 1.64. The molecule has 1 aromatic rings. The smallest absolute Gasteiger partial charge is 0.308 e. The van der Waals surface area contributed by atoms with E-state index in [0.717, 1.165) is 6.07 Å². The summed E-state index contributed by atoms with van der Waals surface area (Å²) in [7, 11) is 0. The van der Waals surface area contributed by atoms with Crippen molar-refractivity contribution >= 4 is 23.5 Å². The minimum Gasteiger partial charge on any atom is -0.481 e. The molecule has 0 saturated carbocycles. The van der Waals surface area contributed by atoms with E-state index < -0.39 is 23.6 Å². The Morgan fingerprint density at radius 2 is 2.16 bits per heavy atom. The molecule has 0 aromatic heterocycles. The quantitative estimate of drug-likeness (QED) is 0.845. The molecule has 4 nitrogen and oxygen atoms in total. The first-order valence-corrected chi connectivity index (χ1v) is 6.29. The topological polar surface area (TPSA) is 66.4 Å². The Balaban J connectivity index is 2.69. The zero-order valence-corrected chi connectivity index (χ0v) is 11.2. The molecule has 6 heteroatoms. The largest absolute Gasteiger partial charge is 0.481 e. The molecule has 0 fully saturated rings. The van der Waals surface area contributed by atoms with Crippen molar-refractivity contribution in [1.29, 1.82) is 0 Å². The molecule has 1 amide bonds. The van der Waals surface area contributed by atoms with Crippen molar-refractivity contribution < 1.29 is 19.1 Å². The normalized spacial score (nSPS) is 11.9. The van der Waals surface area contributed by atoms with Gasteiger partial charge in [-0.2, -0.15) is 0 Å². The lowest BCUT2D eigenvalue weighted by atomic mass is 10.0. The van der Waals surface area contributed by atoms with Crippen molar-refractivity contribution in [2.75, 3.05) is 6.54 Å². The van der Waals surface area contributed by atoms with Crippen molar-refractivity contribution in [3.05, 3.63) is 34.6 Å². The van der Waals surface area contributed by atoms with Crippen LogP contribution in [0.4, 0.5) is 4.39 Å². The van der Waals surface area contributed by atoms with Crippen LogP contribution in [-0.2, 0) is 4.79 Å². The summed E-state index contributed by atoms with van der Waals surface area (Å²) in [4.78, 5) is 22.7. The number of carboxylic acids is 1. The van der Waals surface area contributed by atoms with Gasteiger partial charge in [0.25, 0.3) is 5.91 Å². The number of rotatable bonds is 6. The molecule has 1 atom stereocenters. The average Bonchev–Trinajstić information content (AvgIpc) is 2.36. The number of nitrogens with one attached hydrogen (secondary N) is 1. The Bertz CT molecular complexity index is 479. The third kappa shape index (κ3) is 4.52. The van der Waals surface area contributed by atoms with E-state index in [1.54, 1.807) is 0 Å². The van der Waals surface area contributed by atoms with Gasteiger partial charge in [-0.3, -0.25) is 9.59 Å². The number of carbonyl (C=O) groups is 2. The highest BCUT2D eigenvalue weighted by atomic mass is 35.5. The number of hydrogen-bond acceptors (Lipinski definition) is 2. The first-order chi connectivity index (χ1) is 8.95. The van der Waals surface area contributed by atoms with Crippen molar-refractivity contribution in [2.45, 2.75) is 19.8 Å². The van der Waals surface area contributed by atoms with Crippen LogP contribution in [-0.4, -0.2) is 23.5 Å². The molecule has 2 N–H and O–H groups in total. The van der Waals surface area contributed by atoms with E-state index in [-0.39, 0.29) is 17.1 Å². The highest BCUT2D eigenvalue weighted by Gasteiger charge is 2.19. The Morgan fingerprint density at radius 1 is 1.47 bits per heavy atom. The number of carbonyl (C=O) groups excluding carboxylic acids is 1. The number of hydrogen-bond donors (Lipinski definition) is 2. The molecule has 1 unspecified atom stereocenters. The second-order valence-corrected chi connectivity index (χ2v) is 4.59. The molecule has 104 valence electrons. The van der Waals surface area contributed by atoms with Gasteiger partial charge in [0.15, 0.2) is 0 Å². The zero-order chi connectivity index (χ0) is 14.4. The maximum atomic E-state index is 13.4. The number of aliphatic carboxylic acids is 1. The van der Waals surface area contributed by atoms with Gasteiger partial charge in [-0.05, 0) is 24.6 Å². The predicted molar refractivity (Wildman–Crippen MR) is 69.8 cm³/mol. The van der Waals surface area contributed by atoms with Gasteiger partial charge in [0.1, 0.15) is 5.82 Å². The SMILES string of the molecule is CCCC(CNC(=O)c1cc(Cl)ccc1F)C(=O)O. The summed E-state index contributed by atoms with van der Waals surface area (Å²) in [6, 6.07) is 3.64. The summed E-state index contributed by atoms with van der Waals surface area (Å²) in [5.74, 6) is -3.00. The van der Waals surface area contributed by atoms with Crippen molar-refractivity contribution in [3.8, 4) is 0 Å². The minimum atomic E-state index is -0.978. The van der Waals surface area contributed by atoms with Gasteiger partial charge in [-0.1, -0.05) is 24.9 Å². The first kappa shape index (κ1) is 15.4. The van der Waals surface area contributed by atoms with Crippen LogP contribution in [0.2, 0.25) is 5.02 Å². The summed E-state index contributed by atoms with van der Waals surface area (Å²) < 4.78 is 13.4. The highest BCUT2D eigenvalue weighted by molar-refractivity contribution is 6.31. The van der Waals surface area contributed by atoms with Crippen LogP contribution in [0, 0.1) is 11.7 Å². The standard InChI is InChI=1S/C13H15ClFNO3/c1-2-3-8(13(18)19)7-16-12(17)10-6-9(14)4-5-11(10)15/h4-6,8H,2-3,7H2,1H3,(H,16,17)(H,18,19). The monoisotopic (exact) mass is 287 g/mol. The first-order valence-electron chi connectivity index (χ1n) is 5.91. The Hall–Kier alpha value is -1.62. The molecule has 0 heterocycles. The van der Waals surface area contributed by atoms with E-state index in [1.807, 2.05) is 6.92 Å². The third-order valence-corrected chi connectivity index (χ3v) is 2.90. The molecule has 0 bridgehead atoms. The van der Waals surface area contributed by atoms with Gasteiger partial charge < -0.3 is 10.4 Å². The summed E-state index contributed by atoms with van der Waals surface area (Å²) in [5, 5.41) is 11.6. The second-order valence-electron chi connectivity index (χ2n) is 4.16. The lowest BCUT2D eigenvalue weighted by Crippen LogP contribution is -2.33. The summed E-state index contributed by atoms with van der Waals surface area (Å²) in [6.45, 7) is 1.82. The van der Waals surface area contributed by atoms with Crippen LogP contribution in [0.5, 0.6) is 0 Å². The van der Waals surface area contributed by atoms with Gasteiger partial charge in [0, 0.05) is 11.6 Å². The summed E-state index contributed by atoms with van der Waals surface area (Å²) in [6.07, 6.45) is 1.14. The number of carboxylic acid groups (broad SMARTS) is 1. The third-order valence-electron chi connectivity index (χ3n) is 2.67. The van der Waals surface area contributed by atoms with Gasteiger partial charge in [-0.15, -0.1) is 0 Å². The molecule has 19 heavy (non-hydrogen) atoms. The van der Waals surface area contributed by atoms with E-state index in [4.69, 9.17) is 16.7 Å². The molecule has 1 aromatic carbocycles. The van der Waals surface area contributed by atoms with Crippen molar-refractivity contribution in [1.82, 2.24) is 5.32 Å². The molecule has 0 spiro atoms. The Kier molecular flexibility index (Phi) is 5.76. The lowest BCUT2D eigenvalue weighted by Gasteiger charge is -2.12. The van der Waals surface area contributed by atoms with Gasteiger partial charge >= 0.3 is 5.97 Å². The number of benzene rings is 1. The van der Waals surface area contributed by atoms with Crippen LogP contribution >= 0.6 is 11.6 Å². The van der Waals surface area contributed by atoms with Gasteiger partial charge in [0.2, 0.25) is 0 Å². The van der Waals surface area contributed by atoms with Crippen molar-refractivity contribution in [2.24, 2.45) is 5.92 Å². The fourth-order valence-corrected chi connectivity index (χ4v) is 1.82. The van der Waals surface area contributed by atoms with Gasteiger partial charge in [-0.25, -0.2) is 4.39 Å². The zero-order valence-electron chi connectivity index (χ0n) is 10.5. The molecule has 0 aliphatic rings. The fraction of sp³-hybridized carbons (Fsp3) is 0.385. The summed E-state index contributed by atoms with van der Waals surface area (Å²) in [5.41, 5.74) is -0.187. The minimum absolute atomic E-state index is 0.0338. The maximum absolute atomic E-state index is 13.4. The molecule has 0 aliphatic carbocycles. The molecular formula is C13H15ClFNO3. The Morgan fingerprint density at radius 3 is 2.74 bits per heavy atom.